The number of halogens is 1. The number of hydrogen-bond acceptors (Lipinski definition) is 7. The molecule has 0 fully saturated rings. The summed E-state index contributed by atoms with van der Waals surface area (Å²) in [4.78, 5) is 25.1. The summed E-state index contributed by atoms with van der Waals surface area (Å²) >= 11 is 5.79. The maximum absolute atomic E-state index is 11.5. The molecule has 0 unspecified atom stereocenters. The number of anilines is 1. The van der Waals surface area contributed by atoms with Crippen LogP contribution >= 0.6 is 11.6 Å². The summed E-state index contributed by atoms with van der Waals surface area (Å²) in [6, 6.07) is 0.111. The molecule has 0 spiro atoms. The minimum Gasteiger partial charge on any atom is -0.467 e. The van der Waals surface area contributed by atoms with E-state index in [9.17, 15) is 4.79 Å². The second kappa shape index (κ2) is 7.73. The summed E-state index contributed by atoms with van der Waals surface area (Å²) in [5, 5.41) is 0.0202. The quantitative estimate of drug-likeness (QED) is 0.700. The number of carbonyl (C=O) groups excluding carboxylic acids is 1. The highest BCUT2D eigenvalue weighted by Crippen LogP contribution is 2.15. The van der Waals surface area contributed by atoms with Crippen molar-refractivity contribution < 1.29 is 14.3 Å². The third kappa shape index (κ3) is 4.86. The van der Waals surface area contributed by atoms with Crippen LogP contribution in [0.15, 0.2) is 0 Å². The molecule has 1 heterocycles. The lowest BCUT2D eigenvalue weighted by Gasteiger charge is -2.20. The van der Waals surface area contributed by atoms with Crippen LogP contribution in [0, 0.1) is 0 Å². The number of rotatable bonds is 7. The van der Waals surface area contributed by atoms with Gasteiger partial charge in [0.1, 0.15) is 6.54 Å². The Balaban J connectivity index is 2.91. The normalized spacial score (nSPS) is 10.1. The first-order valence-corrected chi connectivity index (χ1v) is 6.34. The van der Waals surface area contributed by atoms with Gasteiger partial charge in [0.05, 0.1) is 13.7 Å². The molecule has 0 aliphatic carbocycles. The maximum atomic E-state index is 11.5. The molecule has 7 nitrogen and oxygen atoms in total. The number of hydrogen-bond donors (Lipinski definition) is 0. The minimum atomic E-state index is -0.341. The maximum Gasteiger partial charge on any atom is 0.325 e. The lowest BCUT2D eigenvalue weighted by molar-refractivity contribution is -0.141. The summed E-state index contributed by atoms with van der Waals surface area (Å²) in [6.07, 6.45) is 0.824. The van der Waals surface area contributed by atoms with Crippen LogP contribution in [0.3, 0.4) is 0 Å². The molecule has 1 aromatic heterocycles. The number of ether oxygens (including phenoxy) is 2. The molecule has 0 aromatic carbocycles. The van der Waals surface area contributed by atoms with Gasteiger partial charge in [-0.3, -0.25) is 4.79 Å². The monoisotopic (exact) mass is 288 g/mol. The molecule has 0 bridgehead atoms. The lowest BCUT2D eigenvalue weighted by Crippen LogP contribution is -2.33. The van der Waals surface area contributed by atoms with Crippen molar-refractivity contribution in [2.75, 3.05) is 31.7 Å². The van der Waals surface area contributed by atoms with E-state index in [2.05, 4.69) is 15.0 Å². The van der Waals surface area contributed by atoms with Crippen LogP contribution in [0.4, 0.5) is 5.95 Å². The summed E-state index contributed by atoms with van der Waals surface area (Å²) in [5.74, 6) is -0.0433. The molecule has 0 radical (unpaired) electrons. The first-order chi connectivity index (χ1) is 9.10. The molecule has 0 amide bonds. The highest BCUT2D eigenvalue weighted by Gasteiger charge is 2.16. The molecule has 8 heteroatoms. The van der Waals surface area contributed by atoms with Crippen molar-refractivity contribution in [2.24, 2.45) is 0 Å². The summed E-state index contributed by atoms with van der Waals surface area (Å²) in [5.41, 5.74) is 0. The van der Waals surface area contributed by atoms with Crippen molar-refractivity contribution in [3.63, 3.8) is 0 Å². The molecular formula is C11H17ClN4O3. The predicted molar refractivity (Wildman–Crippen MR) is 70.5 cm³/mol. The molecule has 1 aromatic rings. The fourth-order valence-corrected chi connectivity index (χ4v) is 1.58. The van der Waals surface area contributed by atoms with Gasteiger partial charge in [0.25, 0.3) is 0 Å². The Morgan fingerprint density at radius 1 is 1.32 bits per heavy atom. The third-order valence-electron chi connectivity index (χ3n) is 2.16. The number of nitrogens with zero attached hydrogens (tertiary/aromatic N) is 4. The first kappa shape index (κ1) is 15.4. The Kier molecular flexibility index (Phi) is 6.27. The van der Waals surface area contributed by atoms with E-state index < -0.39 is 0 Å². The second-order valence-corrected chi connectivity index (χ2v) is 3.96. The Labute approximate surface area is 116 Å². The van der Waals surface area contributed by atoms with Gasteiger partial charge >= 0.3 is 12.0 Å². The Hall–Kier alpha value is -1.63. The molecule has 0 aliphatic rings. The molecule has 0 atom stereocenters. The van der Waals surface area contributed by atoms with Crippen LogP contribution in [0.1, 0.15) is 20.3 Å². The number of esters is 1. The van der Waals surface area contributed by atoms with Gasteiger partial charge in [0.15, 0.2) is 0 Å². The van der Waals surface area contributed by atoms with E-state index in [4.69, 9.17) is 21.1 Å². The van der Waals surface area contributed by atoms with Gasteiger partial charge < -0.3 is 14.4 Å². The first-order valence-electron chi connectivity index (χ1n) is 5.96. The zero-order chi connectivity index (χ0) is 14.3. The molecular weight excluding hydrogens is 272 g/mol. The average Bonchev–Trinajstić information content (AvgIpc) is 2.37. The predicted octanol–water partition coefficient (Wildman–Crippen LogP) is 1.31. The summed E-state index contributed by atoms with van der Waals surface area (Å²) in [7, 11) is 1.44. The Morgan fingerprint density at radius 2 is 2.05 bits per heavy atom. The molecule has 106 valence electrons. The summed E-state index contributed by atoms with van der Waals surface area (Å²) < 4.78 is 9.84. The van der Waals surface area contributed by atoms with Crippen molar-refractivity contribution in [1.29, 1.82) is 0 Å². The Morgan fingerprint density at radius 3 is 2.63 bits per heavy atom. The van der Waals surface area contributed by atoms with E-state index in [1.807, 2.05) is 6.92 Å². The highest BCUT2D eigenvalue weighted by atomic mass is 35.5. The SMILES string of the molecule is CCCN(CC(=O)OCC)c1nc(Cl)nc(OC)n1. The van der Waals surface area contributed by atoms with Gasteiger partial charge in [-0.05, 0) is 24.9 Å². The standard InChI is InChI=1S/C11H17ClN4O3/c1-4-6-16(7-8(17)19-5-2)10-13-9(12)14-11(15-10)18-3/h4-7H2,1-3H3. The Bertz CT molecular complexity index is 430. The van der Waals surface area contributed by atoms with Crippen molar-refractivity contribution in [3.8, 4) is 6.01 Å². The van der Waals surface area contributed by atoms with E-state index in [1.165, 1.54) is 7.11 Å². The minimum absolute atomic E-state index is 0.0202. The van der Waals surface area contributed by atoms with Gasteiger partial charge in [0, 0.05) is 6.54 Å². The van der Waals surface area contributed by atoms with Gasteiger partial charge in [-0.1, -0.05) is 6.92 Å². The lowest BCUT2D eigenvalue weighted by atomic mass is 10.4. The average molecular weight is 289 g/mol. The van der Waals surface area contributed by atoms with Crippen LogP contribution < -0.4 is 9.64 Å². The second-order valence-electron chi connectivity index (χ2n) is 3.62. The molecule has 19 heavy (non-hydrogen) atoms. The van der Waals surface area contributed by atoms with Crippen molar-refractivity contribution >= 4 is 23.5 Å². The van der Waals surface area contributed by atoms with Crippen LogP contribution in [0.2, 0.25) is 5.28 Å². The smallest absolute Gasteiger partial charge is 0.325 e. The number of methoxy groups -OCH3 is 1. The molecule has 0 N–H and O–H groups in total. The summed E-state index contributed by atoms with van der Waals surface area (Å²) in [6.45, 7) is 4.73. The molecule has 0 saturated heterocycles. The van der Waals surface area contributed by atoms with Gasteiger partial charge in [0.2, 0.25) is 11.2 Å². The van der Waals surface area contributed by atoms with Crippen molar-refractivity contribution in [2.45, 2.75) is 20.3 Å². The van der Waals surface area contributed by atoms with Gasteiger partial charge in [-0.25, -0.2) is 0 Å². The number of carbonyl (C=O) groups is 1. The zero-order valence-electron chi connectivity index (χ0n) is 11.2. The van der Waals surface area contributed by atoms with E-state index in [1.54, 1.807) is 11.8 Å². The van der Waals surface area contributed by atoms with Crippen LogP contribution in [-0.4, -0.2) is 47.7 Å². The van der Waals surface area contributed by atoms with Crippen LogP contribution in [0.5, 0.6) is 6.01 Å². The zero-order valence-corrected chi connectivity index (χ0v) is 12.0. The molecule has 0 saturated carbocycles. The molecule has 0 aliphatic heterocycles. The molecule has 1 rings (SSSR count). The van der Waals surface area contributed by atoms with Crippen LogP contribution in [-0.2, 0) is 9.53 Å². The highest BCUT2D eigenvalue weighted by molar-refractivity contribution is 6.28. The van der Waals surface area contributed by atoms with E-state index >= 15 is 0 Å². The van der Waals surface area contributed by atoms with Crippen LogP contribution in [0.25, 0.3) is 0 Å². The topological polar surface area (TPSA) is 77.4 Å². The van der Waals surface area contributed by atoms with Gasteiger partial charge in [-0.2, -0.15) is 15.0 Å². The number of aromatic nitrogens is 3. The third-order valence-corrected chi connectivity index (χ3v) is 2.33. The van der Waals surface area contributed by atoms with Gasteiger partial charge in [-0.15, -0.1) is 0 Å². The van der Waals surface area contributed by atoms with E-state index in [-0.39, 0.29) is 23.8 Å². The van der Waals surface area contributed by atoms with Crippen molar-refractivity contribution in [1.82, 2.24) is 15.0 Å². The van der Waals surface area contributed by atoms with E-state index in [0.717, 1.165) is 6.42 Å². The fraction of sp³-hybridized carbons (Fsp3) is 0.636. The van der Waals surface area contributed by atoms with E-state index in [0.29, 0.717) is 19.1 Å². The fourth-order valence-electron chi connectivity index (χ4n) is 1.44. The van der Waals surface area contributed by atoms with Crippen molar-refractivity contribution in [3.05, 3.63) is 5.28 Å². The largest absolute Gasteiger partial charge is 0.467 e.